The predicted octanol–water partition coefficient (Wildman–Crippen LogP) is 2.47. The molecule has 2 aromatic heterocycles. The Morgan fingerprint density at radius 2 is 2.11 bits per heavy atom. The first-order valence-electron chi connectivity index (χ1n) is 5.85. The Labute approximate surface area is 110 Å². The highest BCUT2D eigenvalue weighted by atomic mass is 32.1. The molecule has 0 aliphatic carbocycles. The van der Waals surface area contributed by atoms with Crippen LogP contribution in [0.1, 0.15) is 49.2 Å². The summed E-state index contributed by atoms with van der Waals surface area (Å²) in [5.74, 6) is 1.12. The maximum absolute atomic E-state index is 6.07. The van der Waals surface area contributed by atoms with Crippen LogP contribution in [0, 0.1) is 12.3 Å². The number of nitrogens with zero attached hydrogens (tertiary/aromatic N) is 3. The largest absolute Gasteiger partial charge is 0.338 e. The molecule has 0 fully saturated rings. The van der Waals surface area contributed by atoms with E-state index in [0.717, 1.165) is 10.7 Å². The standard InChI is InChI=1S/C12H18N4OS/c1-7-14-8(6-18-7)5-9-15-11(17-16-9)10(13)12(2,3)4/h6,10H,5,13H2,1-4H3/t10-/m0/s1. The monoisotopic (exact) mass is 266 g/mol. The van der Waals surface area contributed by atoms with Crippen molar-refractivity contribution in [1.82, 2.24) is 15.1 Å². The van der Waals surface area contributed by atoms with Crippen molar-refractivity contribution in [2.75, 3.05) is 0 Å². The number of hydrogen-bond donors (Lipinski definition) is 1. The van der Waals surface area contributed by atoms with Crippen molar-refractivity contribution >= 4 is 11.3 Å². The van der Waals surface area contributed by atoms with E-state index in [0.29, 0.717) is 18.1 Å². The van der Waals surface area contributed by atoms with Crippen LogP contribution < -0.4 is 5.73 Å². The van der Waals surface area contributed by atoms with Gasteiger partial charge in [0.15, 0.2) is 5.82 Å². The first-order chi connectivity index (χ1) is 8.36. The van der Waals surface area contributed by atoms with Crippen LogP contribution in [-0.2, 0) is 6.42 Å². The molecule has 0 aromatic carbocycles. The highest BCUT2D eigenvalue weighted by Gasteiger charge is 2.27. The van der Waals surface area contributed by atoms with Crippen molar-refractivity contribution in [1.29, 1.82) is 0 Å². The molecule has 2 heterocycles. The fraction of sp³-hybridized carbons (Fsp3) is 0.583. The highest BCUT2D eigenvalue weighted by molar-refractivity contribution is 7.09. The molecule has 2 rings (SSSR count). The fourth-order valence-corrected chi connectivity index (χ4v) is 2.10. The summed E-state index contributed by atoms with van der Waals surface area (Å²) in [6.45, 7) is 8.12. The van der Waals surface area contributed by atoms with E-state index in [1.165, 1.54) is 0 Å². The summed E-state index contributed by atoms with van der Waals surface area (Å²) in [5.41, 5.74) is 6.94. The van der Waals surface area contributed by atoms with E-state index in [1.807, 2.05) is 33.1 Å². The van der Waals surface area contributed by atoms with Gasteiger partial charge in [0.2, 0.25) is 5.89 Å². The van der Waals surface area contributed by atoms with Crippen molar-refractivity contribution in [2.24, 2.45) is 11.1 Å². The minimum Gasteiger partial charge on any atom is -0.338 e. The van der Waals surface area contributed by atoms with Crippen molar-refractivity contribution in [2.45, 2.75) is 40.2 Å². The van der Waals surface area contributed by atoms with Crippen molar-refractivity contribution in [3.63, 3.8) is 0 Å². The van der Waals surface area contributed by atoms with Crippen LogP contribution >= 0.6 is 11.3 Å². The average Bonchev–Trinajstić information content (AvgIpc) is 2.86. The van der Waals surface area contributed by atoms with Gasteiger partial charge in [0.1, 0.15) is 0 Å². The molecule has 6 heteroatoms. The minimum atomic E-state index is -0.254. The summed E-state index contributed by atoms with van der Waals surface area (Å²) in [6.07, 6.45) is 0.588. The van der Waals surface area contributed by atoms with Gasteiger partial charge in [0.05, 0.1) is 23.2 Å². The minimum absolute atomic E-state index is 0.0962. The zero-order valence-corrected chi connectivity index (χ0v) is 11.9. The van der Waals surface area contributed by atoms with Crippen LogP contribution in [0.4, 0.5) is 0 Å². The molecule has 0 spiro atoms. The quantitative estimate of drug-likeness (QED) is 0.923. The van der Waals surface area contributed by atoms with Crippen LogP contribution in [0.5, 0.6) is 0 Å². The lowest BCUT2D eigenvalue weighted by molar-refractivity contribution is 0.252. The van der Waals surface area contributed by atoms with Gasteiger partial charge in [0.25, 0.3) is 0 Å². The molecule has 0 amide bonds. The van der Waals surface area contributed by atoms with Crippen LogP contribution in [0.25, 0.3) is 0 Å². The highest BCUT2D eigenvalue weighted by Crippen LogP contribution is 2.29. The second-order valence-corrected chi connectivity index (χ2v) is 6.49. The topological polar surface area (TPSA) is 77.8 Å². The normalized spacial score (nSPS) is 13.8. The van der Waals surface area contributed by atoms with Gasteiger partial charge in [-0.05, 0) is 12.3 Å². The SMILES string of the molecule is Cc1nc(Cc2noc([C@H](N)C(C)(C)C)n2)cs1. The van der Waals surface area contributed by atoms with Gasteiger partial charge in [-0.1, -0.05) is 25.9 Å². The lowest BCUT2D eigenvalue weighted by Crippen LogP contribution is -2.26. The number of rotatable bonds is 3. The number of thiazole rings is 1. The summed E-state index contributed by atoms with van der Waals surface area (Å²) >= 11 is 1.62. The smallest absolute Gasteiger partial charge is 0.244 e. The molecule has 0 aliphatic rings. The Morgan fingerprint density at radius 3 is 2.67 bits per heavy atom. The summed E-state index contributed by atoms with van der Waals surface area (Å²) in [7, 11) is 0. The number of hydrogen-bond acceptors (Lipinski definition) is 6. The molecule has 0 unspecified atom stereocenters. The Hall–Kier alpha value is -1.27. The molecule has 98 valence electrons. The van der Waals surface area contributed by atoms with Crippen LogP contribution in [0.15, 0.2) is 9.90 Å². The van der Waals surface area contributed by atoms with Gasteiger partial charge in [-0.15, -0.1) is 11.3 Å². The summed E-state index contributed by atoms with van der Waals surface area (Å²) < 4.78 is 5.22. The van der Waals surface area contributed by atoms with Crippen LogP contribution in [0.2, 0.25) is 0 Å². The Balaban J connectivity index is 2.11. The van der Waals surface area contributed by atoms with Gasteiger partial charge in [-0.25, -0.2) is 4.98 Å². The fourth-order valence-electron chi connectivity index (χ4n) is 1.49. The molecule has 0 bridgehead atoms. The van der Waals surface area contributed by atoms with E-state index >= 15 is 0 Å². The summed E-state index contributed by atoms with van der Waals surface area (Å²) in [6, 6.07) is -0.254. The van der Waals surface area contributed by atoms with Gasteiger partial charge < -0.3 is 10.3 Å². The molecule has 1 atom stereocenters. The van der Waals surface area contributed by atoms with Crippen molar-refractivity contribution in [3.8, 4) is 0 Å². The van der Waals surface area contributed by atoms with E-state index < -0.39 is 0 Å². The van der Waals surface area contributed by atoms with Gasteiger partial charge in [0, 0.05) is 5.38 Å². The Bertz CT molecular complexity index is 526. The van der Waals surface area contributed by atoms with E-state index in [4.69, 9.17) is 10.3 Å². The van der Waals surface area contributed by atoms with E-state index in [2.05, 4.69) is 15.1 Å². The molecule has 0 saturated carbocycles. The third-order valence-corrected chi connectivity index (χ3v) is 3.51. The molecule has 2 aromatic rings. The summed E-state index contributed by atoms with van der Waals surface area (Å²) in [5, 5.41) is 7.00. The molecular formula is C12H18N4OS. The van der Waals surface area contributed by atoms with E-state index in [-0.39, 0.29) is 11.5 Å². The third-order valence-electron chi connectivity index (χ3n) is 2.69. The first-order valence-corrected chi connectivity index (χ1v) is 6.73. The summed E-state index contributed by atoms with van der Waals surface area (Å²) in [4.78, 5) is 8.72. The lowest BCUT2D eigenvalue weighted by atomic mass is 9.87. The number of aromatic nitrogens is 3. The Morgan fingerprint density at radius 1 is 1.39 bits per heavy atom. The Kier molecular flexibility index (Phi) is 3.49. The second kappa shape index (κ2) is 4.78. The predicted molar refractivity (Wildman–Crippen MR) is 70.3 cm³/mol. The van der Waals surface area contributed by atoms with Gasteiger partial charge in [-0.3, -0.25) is 0 Å². The van der Waals surface area contributed by atoms with Gasteiger partial charge >= 0.3 is 0 Å². The second-order valence-electron chi connectivity index (χ2n) is 5.43. The van der Waals surface area contributed by atoms with E-state index in [9.17, 15) is 0 Å². The zero-order chi connectivity index (χ0) is 13.3. The lowest BCUT2D eigenvalue weighted by Gasteiger charge is -2.23. The number of nitrogens with two attached hydrogens (primary N) is 1. The molecule has 0 aliphatic heterocycles. The molecule has 18 heavy (non-hydrogen) atoms. The molecular weight excluding hydrogens is 248 g/mol. The molecule has 0 radical (unpaired) electrons. The zero-order valence-electron chi connectivity index (χ0n) is 11.1. The number of aryl methyl sites for hydroxylation is 1. The maximum atomic E-state index is 6.07. The molecule has 2 N–H and O–H groups in total. The van der Waals surface area contributed by atoms with Crippen LogP contribution in [-0.4, -0.2) is 15.1 Å². The molecule has 5 nitrogen and oxygen atoms in total. The van der Waals surface area contributed by atoms with Crippen LogP contribution in [0.3, 0.4) is 0 Å². The van der Waals surface area contributed by atoms with Crippen molar-refractivity contribution in [3.05, 3.63) is 27.8 Å². The average molecular weight is 266 g/mol. The third kappa shape index (κ3) is 2.94. The van der Waals surface area contributed by atoms with Gasteiger partial charge in [-0.2, -0.15) is 4.98 Å². The first kappa shape index (κ1) is 13.2. The molecule has 0 saturated heterocycles. The van der Waals surface area contributed by atoms with Crippen molar-refractivity contribution < 1.29 is 4.52 Å². The van der Waals surface area contributed by atoms with E-state index in [1.54, 1.807) is 11.3 Å². The maximum Gasteiger partial charge on any atom is 0.244 e.